The number of rotatable bonds is 7. The molecule has 4 rings (SSSR count). The molecule has 4 aromatic rings. The Morgan fingerprint density at radius 2 is 1.90 bits per heavy atom. The van der Waals surface area contributed by atoms with Gasteiger partial charge in [-0.25, -0.2) is 4.98 Å². The standard InChI is InChI=1S/C24H21N3O3S/c1-16-4-2-5-18(12-16)24-27-20(15-31-24)13-22(28)25-14-17-7-9-19(10-8-17)26-23(29)21-6-3-11-30-21/h2-12,15H,13-14H2,1H3,(H,25,28)(H,26,29). The zero-order chi connectivity index (χ0) is 21.6. The third kappa shape index (κ3) is 5.46. The highest BCUT2D eigenvalue weighted by Crippen LogP contribution is 2.24. The van der Waals surface area contributed by atoms with E-state index in [4.69, 9.17) is 4.42 Å². The number of anilines is 1. The van der Waals surface area contributed by atoms with E-state index in [0.29, 0.717) is 12.2 Å². The molecule has 31 heavy (non-hydrogen) atoms. The van der Waals surface area contributed by atoms with Crippen molar-refractivity contribution in [2.75, 3.05) is 5.32 Å². The number of thiazole rings is 1. The minimum Gasteiger partial charge on any atom is -0.459 e. The van der Waals surface area contributed by atoms with E-state index in [1.165, 1.54) is 11.8 Å². The predicted molar refractivity (Wildman–Crippen MR) is 121 cm³/mol. The second-order valence-corrected chi connectivity index (χ2v) is 7.95. The SMILES string of the molecule is Cc1cccc(-c2nc(CC(=O)NCc3ccc(NC(=O)c4ccco4)cc3)cs2)c1. The van der Waals surface area contributed by atoms with Crippen molar-refractivity contribution in [1.82, 2.24) is 10.3 Å². The minimum absolute atomic E-state index is 0.0868. The molecule has 2 heterocycles. The summed E-state index contributed by atoms with van der Waals surface area (Å²) in [5.74, 6) is -0.139. The van der Waals surface area contributed by atoms with Crippen LogP contribution >= 0.6 is 11.3 Å². The number of nitrogens with zero attached hydrogens (tertiary/aromatic N) is 1. The van der Waals surface area contributed by atoms with Crippen LogP contribution in [0.4, 0.5) is 5.69 Å². The van der Waals surface area contributed by atoms with Crippen LogP contribution in [0, 0.1) is 6.92 Å². The Kier molecular flexibility index (Phi) is 6.24. The number of carbonyl (C=O) groups excluding carboxylic acids is 2. The first kappa shape index (κ1) is 20.6. The quantitative estimate of drug-likeness (QED) is 0.439. The third-order valence-electron chi connectivity index (χ3n) is 4.60. The molecular weight excluding hydrogens is 410 g/mol. The summed E-state index contributed by atoms with van der Waals surface area (Å²) in [6.07, 6.45) is 1.69. The Morgan fingerprint density at radius 1 is 1.06 bits per heavy atom. The smallest absolute Gasteiger partial charge is 0.291 e. The average molecular weight is 432 g/mol. The van der Waals surface area contributed by atoms with E-state index in [1.54, 1.807) is 35.6 Å². The van der Waals surface area contributed by atoms with Gasteiger partial charge in [0.15, 0.2) is 5.76 Å². The average Bonchev–Trinajstić information content (AvgIpc) is 3.46. The summed E-state index contributed by atoms with van der Waals surface area (Å²) in [4.78, 5) is 28.9. The minimum atomic E-state index is -0.306. The molecule has 2 N–H and O–H groups in total. The number of aromatic nitrogens is 1. The van der Waals surface area contributed by atoms with Crippen LogP contribution in [0.3, 0.4) is 0 Å². The maximum absolute atomic E-state index is 12.3. The molecule has 0 unspecified atom stereocenters. The van der Waals surface area contributed by atoms with Crippen LogP contribution in [0.5, 0.6) is 0 Å². The summed E-state index contributed by atoms with van der Waals surface area (Å²) in [5.41, 5.74) is 4.59. The number of hydrogen-bond acceptors (Lipinski definition) is 5. The molecule has 0 atom stereocenters. The molecule has 2 aromatic heterocycles. The Balaban J connectivity index is 1.27. The highest BCUT2D eigenvalue weighted by atomic mass is 32.1. The van der Waals surface area contributed by atoms with E-state index in [0.717, 1.165) is 21.8 Å². The highest BCUT2D eigenvalue weighted by Gasteiger charge is 2.10. The van der Waals surface area contributed by atoms with Crippen molar-refractivity contribution in [2.45, 2.75) is 19.9 Å². The second kappa shape index (κ2) is 9.40. The molecule has 0 bridgehead atoms. The molecule has 2 aromatic carbocycles. The van der Waals surface area contributed by atoms with Gasteiger partial charge >= 0.3 is 0 Å². The first-order valence-electron chi connectivity index (χ1n) is 9.79. The van der Waals surface area contributed by atoms with Gasteiger partial charge in [0.1, 0.15) is 5.01 Å². The van der Waals surface area contributed by atoms with Crippen molar-refractivity contribution in [3.8, 4) is 10.6 Å². The fourth-order valence-corrected chi connectivity index (χ4v) is 3.85. The molecule has 6 nitrogen and oxygen atoms in total. The second-order valence-electron chi connectivity index (χ2n) is 7.10. The molecule has 0 aliphatic heterocycles. The molecule has 0 aliphatic carbocycles. The Hall–Kier alpha value is -3.71. The maximum atomic E-state index is 12.3. The highest BCUT2D eigenvalue weighted by molar-refractivity contribution is 7.13. The number of benzene rings is 2. The molecule has 156 valence electrons. The van der Waals surface area contributed by atoms with E-state index < -0.39 is 0 Å². The molecule has 0 spiro atoms. The van der Waals surface area contributed by atoms with Gasteiger partial charge in [0.05, 0.1) is 18.4 Å². The molecule has 7 heteroatoms. The molecule has 2 amide bonds. The van der Waals surface area contributed by atoms with Crippen LogP contribution in [0.2, 0.25) is 0 Å². The number of aryl methyl sites for hydroxylation is 1. The van der Waals surface area contributed by atoms with E-state index in [9.17, 15) is 9.59 Å². The summed E-state index contributed by atoms with van der Waals surface area (Å²) < 4.78 is 5.07. The van der Waals surface area contributed by atoms with Crippen molar-refractivity contribution < 1.29 is 14.0 Å². The van der Waals surface area contributed by atoms with Crippen molar-refractivity contribution in [2.24, 2.45) is 0 Å². The number of nitrogens with one attached hydrogen (secondary N) is 2. The van der Waals surface area contributed by atoms with Gasteiger partial charge in [0.2, 0.25) is 5.91 Å². The Morgan fingerprint density at radius 3 is 2.65 bits per heavy atom. The van der Waals surface area contributed by atoms with E-state index in [2.05, 4.69) is 21.7 Å². The van der Waals surface area contributed by atoms with Gasteiger partial charge in [-0.15, -0.1) is 11.3 Å². The lowest BCUT2D eigenvalue weighted by Gasteiger charge is -2.07. The van der Waals surface area contributed by atoms with Crippen LogP contribution < -0.4 is 10.6 Å². The predicted octanol–water partition coefficient (Wildman–Crippen LogP) is 4.82. The van der Waals surface area contributed by atoms with Crippen LogP contribution in [-0.2, 0) is 17.8 Å². The van der Waals surface area contributed by atoms with Crippen molar-refractivity contribution in [3.63, 3.8) is 0 Å². The first-order chi connectivity index (χ1) is 15.1. The Bertz CT molecular complexity index is 1180. The Labute approximate surface area is 184 Å². The lowest BCUT2D eigenvalue weighted by molar-refractivity contribution is -0.120. The van der Waals surface area contributed by atoms with Crippen LogP contribution in [0.25, 0.3) is 10.6 Å². The molecule has 0 saturated carbocycles. The van der Waals surface area contributed by atoms with Crippen LogP contribution in [-0.4, -0.2) is 16.8 Å². The van der Waals surface area contributed by atoms with Crippen LogP contribution in [0.15, 0.2) is 76.7 Å². The van der Waals surface area contributed by atoms with E-state index in [1.807, 2.05) is 42.6 Å². The summed E-state index contributed by atoms with van der Waals surface area (Å²) >= 11 is 1.54. The zero-order valence-corrected chi connectivity index (χ0v) is 17.7. The largest absolute Gasteiger partial charge is 0.459 e. The van der Waals surface area contributed by atoms with Crippen molar-refractivity contribution in [1.29, 1.82) is 0 Å². The molecule has 0 fully saturated rings. The molecular formula is C24H21N3O3S. The normalized spacial score (nSPS) is 10.6. The monoisotopic (exact) mass is 431 g/mol. The summed E-state index contributed by atoms with van der Waals surface area (Å²) in [6.45, 7) is 2.45. The zero-order valence-electron chi connectivity index (χ0n) is 16.9. The fourth-order valence-electron chi connectivity index (χ4n) is 3.03. The summed E-state index contributed by atoms with van der Waals surface area (Å²) in [5, 5.41) is 8.51. The van der Waals surface area contributed by atoms with E-state index in [-0.39, 0.29) is 24.0 Å². The third-order valence-corrected chi connectivity index (χ3v) is 5.55. The van der Waals surface area contributed by atoms with Crippen LogP contribution in [0.1, 0.15) is 27.4 Å². The van der Waals surface area contributed by atoms with Gasteiger partial charge in [0, 0.05) is 23.2 Å². The topological polar surface area (TPSA) is 84.2 Å². The lowest BCUT2D eigenvalue weighted by atomic mass is 10.1. The number of furan rings is 1. The van der Waals surface area contributed by atoms with Gasteiger partial charge in [-0.1, -0.05) is 35.9 Å². The van der Waals surface area contributed by atoms with Gasteiger partial charge < -0.3 is 15.1 Å². The summed E-state index contributed by atoms with van der Waals surface area (Å²) in [6, 6.07) is 18.7. The number of hydrogen-bond donors (Lipinski definition) is 2. The molecule has 0 aliphatic rings. The number of carbonyl (C=O) groups is 2. The van der Waals surface area contributed by atoms with E-state index >= 15 is 0 Å². The summed E-state index contributed by atoms with van der Waals surface area (Å²) in [7, 11) is 0. The lowest BCUT2D eigenvalue weighted by Crippen LogP contribution is -2.24. The fraction of sp³-hybridized carbons (Fsp3) is 0.125. The first-order valence-corrected chi connectivity index (χ1v) is 10.7. The maximum Gasteiger partial charge on any atom is 0.291 e. The van der Waals surface area contributed by atoms with Crippen molar-refractivity contribution >= 4 is 28.8 Å². The number of amides is 2. The van der Waals surface area contributed by atoms with Gasteiger partial charge in [-0.05, 0) is 42.8 Å². The van der Waals surface area contributed by atoms with Gasteiger partial charge in [-0.2, -0.15) is 0 Å². The molecule has 0 radical (unpaired) electrons. The van der Waals surface area contributed by atoms with Gasteiger partial charge in [-0.3, -0.25) is 9.59 Å². The van der Waals surface area contributed by atoms with Crippen molar-refractivity contribution in [3.05, 3.63) is 94.9 Å². The molecule has 0 saturated heterocycles. The van der Waals surface area contributed by atoms with Gasteiger partial charge in [0.25, 0.3) is 5.91 Å².